The first-order valence-corrected chi connectivity index (χ1v) is 18.4. The Labute approximate surface area is 284 Å². The molecule has 2 saturated heterocycles. The minimum Gasteiger partial charge on any atom is -0.459 e. The van der Waals surface area contributed by atoms with Gasteiger partial charge in [-0.3, -0.25) is 47.3 Å². The molecule has 4 heterocycles. The van der Waals surface area contributed by atoms with Crippen LogP contribution in [0.15, 0.2) is 31.6 Å². The van der Waals surface area contributed by atoms with Gasteiger partial charge in [-0.2, -0.15) is 0 Å². The van der Waals surface area contributed by atoms with E-state index in [-0.39, 0.29) is 55.9 Å². The fourth-order valence-corrected chi connectivity index (χ4v) is 7.78. The van der Waals surface area contributed by atoms with Gasteiger partial charge in [-0.05, 0) is 27.7 Å². The quantitative estimate of drug-likeness (QED) is 0.151. The van der Waals surface area contributed by atoms with Gasteiger partial charge in [0.05, 0.1) is 25.2 Å². The molecule has 49 heavy (non-hydrogen) atoms. The molecule has 2 aliphatic rings. The number of hydrogen-bond donors (Lipinski definition) is 2. The normalized spacial score (nSPS) is 25.0. The van der Waals surface area contributed by atoms with Crippen LogP contribution in [0.25, 0.3) is 0 Å². The van der Waals surface area contributed by atoms with Gasteiger partial charge in [0.15, 0.2) is 0 Å². The van der Waals surface area contributed by atoms with Crippen molar-refractivity contribution in [2.24, 2.45) is 0 Å². The van der Waals surface area contributed by atoms with Crippen LogP contribution in [0.2, 0.25) is 0 Å². The maximum Gasteiger partial charge on any atom is 0.392 e. The highest BCUT2D eigenvalue weighted by molar-refractivity contribution is 8.55. The predicted octanol–water partition coefficient (Wildman–Crippen LogP) is 1.73. The van der Waals surface area contributed by atoms with E-state index in [1.54, 1.807) is 6.92 Å². The number of rotatable bonds is 15. The van der Waals surface area contributed by atoms with Crippen LogP contribution in [0.4, 0.5) is 0 Å². The summed E-state index contributed by atoms with van der Waals surface area (Å²) in [5.41, 5.74) is -2.29. The molecule has 3 unspecified atom stereocenters. The predicted molar refractivity (Wildman–Crippen MR) is 172 cm³/mol. The first-order valence-electron chi connectivity index (χ1n) is 16.0. The summed E-state index contributed by atoms with van der Waals surface area (Å²) in [6, 6.07) is 0. The first-order chi connectivity index (χ1) is 23.6. The molecule has 2 N–H and O–H groups in total. The van der Waals surface area contributed by atoms with E-state index in [4.69, 9.17) is 29.4 Å². The van der Waals surface area contributed by atoms with Gasteiger partial charge in [0.25, 0.3) is 11.1 Å². The number of hydrogen-bond acceptors (Lipinski definition) is 15. The Hall–Kier alpha value is -3.61. The van der Waals surface area contributed by atoms with E-state index >= 15 is 0 Å². The standard InChI is InChI=1S/C29H39N4O14PS/c1-6-24(35)42-14-49-48(41,47-19-9-22(44-18(19)5)32-11-15(2)26(37)30-28(32)39)43-13-21-20(46-25(36)8-7-17(4)34)10-23(45-21)33-12-16(3)27(38)31-29(33)40/h11-12,18-23H,6-10,13-14H2,1-5H3,(H,30,37,39)(H,31,38,40)/t18-,19?,20?,21-,22-,23-,48?/m1/s1/i5D. The summed E-state index contributed by atoms with van der Waals surface area (Å²) in [6.07, 6.45) is -4.15. The third-order valence-corrected chi connectivity index (χ3v) is 11.0. The molecule has 0 amide bonds. The van der Waals surface area contributed by atoms with Crippen molar-refractivity contribution in [1.82, 2.24) is 19.1 Å². The van der Waals surface area contributed by atoms with Crippen molar-refractivity contribution in [2.75, 3.05) is 12.5 Å². The second-order valence-electron chi connectivity index (χ2n) is 11.4. The lowest BCUT2D eigenvalue weighted by molar-refractivity contribution is -0.153. The Bertz CT molecular complexity index is 1860. The largest absolute Gasteiger partial charge is 0.459 e. The maximum atomic E-state index is 14.3. The van der Waals surface area contributed by atoms with Gasteiger partial charge in [0.1, 0.15) is 36.4 Å². The molecule has 4 rings (SSSR count). The van der Waals surface area contributed by atoms with Crippen LogP contribution in [0.1, 0.15) is 77.8 Å². The van der Waals surface area contributed by atoms with Gasteiger partial charge < -0.3 is 23.7 Å². The van der Waals surface area contributed by atoms with Crippen LogP contribution in [0.3, 0.4) is 0 Å². The van der Waals surface area contributed by atoms with E-state index in [1.165, 1.54) is 33.2 Å². The second kappa shape index (κ2) is 16.4. The van der Waals surface area contributed by atoms with Gasteiger partial charge in [-0.1, -0.05) is 6.92 Å². The molecular formula is C29H39N4O14PS. The fourth-order valence-electron chi connectivity index (χ4n) is 4.92. The number of Topliss-reactive ketones (excluding diaryl/α,β-unsaturated/α-hetero) is 1. The Kier molecular flexibility index (Phi) is 12.3. The molecule has 0 radical (unpaired) electrons. The second-order valence-corrected chi connectivity index (χ2v) is 15.4. The Morgan fingerprint density at radius 1 is 0.959 bits per heavy atom. The molecule has 2 aromatic heterocycles. The number of aromatic amines is 2. The van der Waals surface area contributed by atoms with E-state index < -0.39 is 90.7 Å². The van der Waals surface area contributed by atoms with Crippen molar-refractivity contribution in [2.45, 2.75) is 104 Å². The minimum absolute atomic E-state index is 0.0382. The van der Waals surface area contributed by atoms with E-state index in [9.17, 15) is 38.1 Å². The number of nitrogens with one attached hydrogen (secondary N) is 2. The molecule has 2 aromatic rings. The number of aromatic nitrogens is 4. The van der Waals surface area contributed by atoms with Crippen LogP contribution in [-0.2, 0) is 46.9 Å². The summed E-state index contributed by atoms with van der Waals surface area (Å²) >= 11 is 0.524. The third kappa shape index (κ3) is 9.98. The number of nitrogens with zero attached hydrogens (tertiary/aromatic N) is 2. The summed E-state index contributed by atoms with van der Waals surface area (Å²) in [5.74, 6) is -2.01. The van der Waals surface area contributed by atoms with Gasteiger partial charge in [0, 0.05) is 62.0 Å². The summed E-state index contributed by atoms with van der Waals surface area (Å²) in [7, 11) is 0. The average Bonchev–Trinajstić information content (AvgIpc) is 3.65. The highest BCUT2D eigenvalue weighted by Gasteiger charge is 2.44. The lowest BCUT2D eigenvalue weighted by Crippen LogP contribution is -2.33. The highest BCUT2D eigenvalue weighted by atomic mass is 32.7. The average molecular weight is 732 g/mol. The third-order valence-electron chi connectivity index (χ3n) is 7.62. The van der Waals surface area contributed by atoms with Gasteiger partial charge >= 0.3 is 30.1 Å². The summed E-state index contributed by atoms with van der Waals surface area (Å²) in [5, 5.41) is 0. The highest BCUT2D eigenvalue weighted by Crippen LogP contribution is 2.63. The Morgan fingerprint density at radius 2 is 1.55 bits per heavy atom. The zero-order valence-electron chi connectivity index (χ0n) is 28.2. The number of ketones is 1. The molecule has 0 spiro atoms. The Morgan fingerprint density at radius 3 is 2.12 bits per heavy atom. The summed E-state index contributed by atoms with van der Waals surface area (Å²) in [4.78, 5) is 89.2. The number of esters is 2. The van der Waals surface area contributed by atoms with Crippen molar-refractivity contribution < 1.29 is 48.3 Å². The summed E-state index contributed by atoms with van der Waals surface area (Å²) in [6.45, 7) is 0.618. The molecule has 2 fully saturated rings. The zero-order valence-corrected chi connectivity index (χ0v) is 29.0. The molecular weight excluding hydrogens is 691 g/mol. The van der Waals surface area contributed by atoms with Crippen LogP contribution in [0, 0.1) is 13.8 Å². The number of aryl methyl sites for hydroxylation is 2. The molecule has 7 atom stereocenters. The van der Waals surface area contributed by atoms with Crippen molar-refractivity contribution in [3.8, 4) is 0 Å². The molecule has 18 nitrogen and oxygen atoms in total. The lowest BCUT2D eigenvalue weighted by atomic mass is 10.1. The lowest BCUT2D eigenvalue weighted by Gasteiger charge is -2.25. The van der Waals surface area contributed by atoms with Crippen LogP contribution in [-0.4, -0.2) is 73.8 Å². The SMILES string of the molecule is [2H]C[C@H]1O[C@@H](n2cc(C)c(=O)[nH]c2=O)CC1OP(=O)(OC[C@H]1O[C@@H](n2cc(C)c(=O)[nH]c2=O)CC1OC(=O)CCC(C)=O)SCOC(=O)CC. The van der Waals surface area contributed by atoms with E-state index in [1.807, 2.05) is 0 Å². The van der Waals surface area contributed by atoms with Crippen molar-refractivity contribution in [1.29, 1.82) is 0 Å². The number of ether oxygens (including phenoxy) is 4. The summed E-state index contributed by atoms with van der Waals surface area (Å²) < 4.78 is 58.8. The molecule has 0 aliphatic carbocycles. The van der Waals surface area contributed by atoms with Gasteiger partial charge in [-0.15, -0.1) is 0 Å². The van der Waals surface area contributed by atoms with Crippen molar-refractivity contribution >= 4 is 35.9 Å². The van der Waals surface area contributed by atoms with E-state index in [0.29, 0.717) is 11.4 Å². The van der Waals surface area contributed by atoms with Crippen molar-refractivity contribution in [3.05, 3.63) is 65.2 Å². The first kappa shape index (κ1) is 36.7. The minimum atomic E-state index is -4.34. The Balaban J connectivity index is 1.57. The topological polar surface area (TPSA) is 233 Å². The maximum absolute atomic E-state index is 14.3. The van der Waals surface area contributed by atoms with Crippen LogP contribution < -0.4 is 22.5 Å². The fraction of sp³-hybridized carbons (Fsp3) is 0.621. The van der Waals surface area contributed by atoms with Gasteiger partial charge in [-0.25, -0.2) is 14.2 Å². The molecule has 0 aromatic carbocycles. The molecule has 0 bridgehead atoms. The number of H-pyrrole nitrogens is 2. The van der Waals surface area contributed by atoms with E-state index in [0.717, 1.165) is 9.13 Å². The number of carbonyl (C=O) groups is 3. The zero-order chi connectivity index (χ0) is 36.7. The number of carbonyl (C=O) groups excluding carboxylic acids is 3. The smallest absolute Gasteiger partial charge is 0.392 e. The molecule has 270 valence electrons. The van der Waals surface area contributed by atoms with Crippen LogP contribution in [0.5, 0.6) is 0 Å². The van der Waals surface area contributed by atoms with E-state index in [2.05, 4.69) is 9.97 Å². The van der Waals surface area contributed by atoms with Crippen LogP contribution >= 0.6 is 18.2 Å². The van der Waals surface area contributed by atoms with Gasteiger partial charge in [0.2, 0.25) is 0 Å². The monoisotopic (exact) mass is 731 g/mol. The molecule has 2 aliphatic heterocycles. The van der Waals surface area contributed by atoms with Crippen molar-refractivity contribution in [3.63, 3.8) is 0 Å². The molecule has 20 heteroatoms. The molecule has 0 saturated carbocycles.